The Morgan fingerprint density at radius 3 is 1.96 bits per heavy atom. The van der Waals surface area contributed by atoms with E-state index in [9.17, 15) is 0 Å². The molecule has 0 saturated heterocycles. The first-order chi connectivity index (χ1) is 12.7. The molecule has 0 aliphatic rings. The SMILES string of the molecule is Brc1ccc(-c2cc(-c3ccccc3)nc(-c3cccc(Br)n3)c2)cc1. The maximum absolute atomic E-state index is 4.87. The number of pyridine rings is 2. The second-order valence-corrected chi connectivity index (χ2v) is 7.57. The van der Waals surface area contributed by atoms with Crippen LogP contribution >= 0.6 is 31.9 Å². The Balaban J connectivity index is 1.91. The molecule has 0 atom stereocenters. The molecule has 2 heterocycles. The van der Waals surface area contributed by atoms with Crippen molar-refractivity contribution < 1.29 is 0 Å². The van der Waals surface area contributed by atoms with Gasteiger partial charge in [-0.2, -0.15) is 0 Å². The summed E-state index contributed by atoms with van der Waals surface area (Å²) < 4.78 is 1.86. The van der Waals surface area contributed by atoms with Crippen LogP contribution in [-0.4, -0.2) is 9.97 Å². The molecule has 0 aliphatic heterocycles. The molecule has 2 aromatic carbocycles. The summed E-state index contributed by atoms with van der Waals surface area (Å²) in [5.41, 5.74) is 5.97. The van der Waals surface area contributed by atoms with Gasteiger partial charge in [0, 0.05) is 10.0 Å². The largest absolute Gasteiger partial charge is 0.246 e. The predicted octanol–water partition coefficient (Wildman–Crippen LogP) is 7.00. The van der Waals surface area contributed by atoms with E-state index in [-0.39, 0.29) is 0 Å². The smallest absolute Gasteiger partial charge is 0.106 e. The van der Waals surface area contributed by atoms with E-state index < -0.39 is 0 Å². The average molecular weight is 466 g/mol. The van der Waals surface area contributed by atoms with E-state index in [1.807, 2.05) is 36.4 Å². The van der Waals surface area contributed by atoms with E-state index in [0.29, 0.717) is 0 Å². The Labute approximate surface area is 169 Å². The summed E-state index contributed by atoms with van der Waals surface area (Å²) in [6.45, 7) is 0. The van der Waals surface area contributed by atoms with Crippen molar-refractivity contribution in [2.75, 3.05) is 0 Å². The molecule has 0 N–H and O–H groups in total. The number of halogens is 2. The van der Waals surface area contributed by atoms with Crippen LogP contribution in [0.4, 0.5) is 0 Å². The van der Waals surface area contributed by atoms with Crippen molar-refractivity contribution in [2.45, 2.75) is 0 Å². The zero-order chi connectivity index (χ0) is 17.9. The van der Waals surface area contributed by atoms with Crippen molar-refractivity contribution in [3.05, 3.63) is 94.0 Å². The van der Waals surface area contributed by atoms with Crippen LogP contribution in [0.3, 0.4) is 0 Å². The molecule has 0 radical (unpaired) electrons. The van der Waals surface area contributed by atoms with Crippen LogP contribution < -0.4 is 0 Å². The summed E-state index contributed by atoms with van der Waals surface area (Å²) in [4.78, 5) is 9.44. The van der Waals surface area contributed by atoms with E-state index >= 15 is 0 Å². The maximum atomic E-state index is 4.87. The molecule has 126 valence electrons. The minimum Gasteiger partial charge on any atom is -0.246 e. The number of hydrogen-bond donors (Lipinski definition) is 0. The molecule has 0 fully saturated rings. The van der Waals surface area contributed by atoms with E-state index in [0.717, 1.165) is 42.8 Å². The Morgan fingerprint density at radius 2 is 1.23 bits per heavy atom. The Bertz CT molecular complexity index is 1050. The van der Waals surface area contributed by atoms with E-state index in [1.165, 1.54) is 0 Å². The highest BCUT2D eigenvalue weighted by Crippen LogP contribution is 2.30. The first-order valence-corrected chi connectivity index (χ1v) is 9.74. The molecule has 0 unspecified atom stereocenters. The van der Waals surface area contributed by atoms with Gasteiger partial charge in [-0.1, -0.05) is 64.5 Å². The number of benzene rings is 2. The highest BCUT2D eigenvalue weighted by molar-refractivity contribution is 9.10. The van der Waals surface area contributed by atoms with Gasteiger partial charge in [-0.05, 0) is 63.5 Å². The van der Waals surface area contributed by atoms with Gasteiger partial charge in [0.25, 0.3) is 0 Å². The molecule has 4 aromatic rings. The van der Waals surface area contributed by atoms with Gasteiger partial charge in [-0.25, -0.2) is 9.97 Å². The molecule has 26 heavy (non-hydrogen) atoms. The number of hydrogen-bond acceptors (Lipinski definition) is 2. The Hall–Kier alpha value is -2.30. The van der Waals surface area contributed by atoms with Crippen molar-refractivity contribution in [3.63, 3.8) is 0 Å². The summed E-state index contributed by atoms with van der Waals surface area (Å²) >= 11 is 6.95. The average Bonchev–Trinajstić information content (AvgIpc) is 2.69. The minimum absolute atomic E-state index is 0.798. The van der Waals surface area contributed by atoms with Crippen LogP contribution in [0.25, 0.3) is 33.8 Å². The van der Waals surface area contributed by atoms with Crippen molar-refractivity contribution in [1.82, 2.24) is 9.97 Å². The fraction of sp³-hybridized carbons (Fsp3) is 0. The van der Waals surface area contributed by atoms with Crippen molar-refractivity contribution in [1.29, 1.82) is 0 Å². The van der Waals surface area contributed by atoms with Gasteiger partial charge >= 0.3 is 0 Å². The molecule has 0 aliphatic carbocycles. The molecule has 4 heteroatoms. The molecule has 0 amide bonds. The Morgan fingerprint density at radius 1 is 0.500 bits per heavy atom. The number of rotatable bonds is 3. The summed E-state index contributed by atoms with van der Waals surface area (Å²) in [6.07, 6.45) is 0. The maximum Gasteiger partial charge on any atom is 0.106 e. The van der Waals surface area contributed by atoms with Gasteiger partial charge in [-0.15, -0.1) is 0 Å². The molecule has 2 nitrogen and oxygen atoms in total. The van der Waals surface area contributed by atoms with Gasteiger partial charge in [-0.3, -0.25) is 0 Å². The fourth-order valence-electron chi connectivity index (χ4n) is 2.78. The highest BCUT2D eigenvalue weighted by Gasteiger charge is 2.10. The molecule has 0 spiro atoms. The number of nitrogens with zero attached hydrogens (tertiary/aromatic N) is 2. The second kappa shape index (κ2) is 7.52. The normalized spacial score (nSPS) is 10.7. The van der Waals surface area contributed by atoms with Crippen molar-refractivity contribution in [2.24, 2.45) is 0 Å². The van der Waals surface area contributed by atoms with Gasteiger partial charge in [0.2, 0.25) is 0 Å². The zero-order valence-electron chi connectivity index (χ0n) is 13.7. The standard InChI is InChI=1S/C22H14Br2N2/c23-18-11-9-15(10-12-18)17-13-20(16-5-2-1-3-6-16)25-21(14-17)19-7-4-8-22(24)26-19/h1-14H. The van der Waals surface area contributed by atoms with Crippen LogP contribution in [0.15, 0.2) is 94.0 Å². The first kappa shape index (κ1) is 17.1. The van der Waals surface area contributed by atoms with E-state index in [4.69, 9.17) is 4.98 Å². The number of aromatic nitrogens is 2. The molecule has 0 bridgehead atoms. The van der Waals surface area contributed by atoms with Gasteiger partial charge in [0.1, 0.15) is 4.60 Å². The van der Waals surface area contributed by atoms with Crippen molar-refractivity contribution >= 4 is 31.9 Å². The molecule has 0 saturated carbocycles. The van der Waals surface area contributed by atoms with Crippen LogP contribution in [0.2, 0.25) is 0 Å². The highest BCUT2D eigenvalue weighted by atomic mass is 79.9. The lowest BCUT2D eigenvalue weighted by atomic mass is 10.0. The summed E-state index contributed by atoms with van der Waals surface area (Å²) in [6, 6.07) is 28.6. The third-order valence-corrected chi connectivity index (χ3v) is 5.02. The van der Waals surface area contributed by atoms with Crippen LogP contribution in [0.1, 0.15) is 0 Å². The van der Waals surface area contributed by atoms with Crippen molar-refractivity contribution in [3.8, 4) is 33.8 Å². The quantitative estimate of drug-likeness (QED) is 0.304. The van der Waals surface area contributed by atoms with E-state index in [2.05, 4.69) is 85.4 Å². The van der Waals surface area contributed by atoms with Crippen LogP contribution in [0, 0.1) is 0 Å². The summed E-state index contributed by atoms with van der Waals surface area (Å²) in [5.74, 6) is 0. The van der Waals surface area contributed by atoms with Gasteiger partial charge < -0.3 is 0 Å². The van der Waals surface area contributed by atoms with Crippen LogP contribution in [0.5, 0.6) is 0 Å². The van der Waals surface area contributed by atoms with Gasteiger partial charge in [0.15, 0.2) is 0 Å². The fourth-order valence-corrected chi connectivity index (χ4v) is 3.39. The van der Waals surface area contributed by atoms with E-state index in [1.54, 1.807) is 0 Å². The lowest BCUT2D eigenvalue weighted by Gasteiger charge is -2.10. The topological polar surface area (TPSA) is 25.8 Å². The first-order valence-electron chi connectivity index (χ1n) is 8.15. The second-order valence-electron chi connectivity index (χ2n) is 5.84. The zero-order valence-corrected chi connectivity index (χ0v) is 16.9. The van der Waals surface area contributed by atoms with Crippen LogP contribution in [-0.2, 0) is 0 Å². The summed E-state index contributed by atoms with van der Waals surface area (Å²) in [5, 5.41) is 0. The lowest BCUT2D eigenvalue weighted by Crippen LogP contribution is -1.93. The lowest BCUT2D eigenvalue weighted by molar-refractivity contribution is 1.22. The molecule has 2 aromatic heterocycles. The molecule has 4 rings (SSSR count). The predicted molar refractivity (Wildman–Crippen MR) is 114 cm³/mol. The monoisotopic (exact) mass is 464 g/mol. The molecular formula is C22H14Br2N2. The minimum atomic E-state index is 0.798. The molecular weight excluding hydrogens is 452 g/mol. The third-order valence-electron chi connectivity index (χ3n) is 4.05. The Kier molecular flexibility index (Phi) is 4.96. The third kappa shape index (κ3) is 3.76. The summed E-state index contributed by atoms with van der Waals surface area (Å²) in [7, 11) is 0. The van der Waals surface area contributed by atoms with Gasteiger partial charge in [0.05, 0.1) is 17.1 Å².